The Bertz CT molecular complexity index is 1960. The van der Waals surface area contributed by atoms with Crippen LogP contribution in [0.2, 0.25) is 0 Å². The number of hydrogen-bond acceptors (Lipinski definition) is 3. The molecular weight excluding hydrogens is 510 g/mol. The van der Waals surface area contributed by atoms with Gasteiger partial charge in [-0.2, -0.15) is 0 Å². The summed E-state index contributed by atoms with van der Waals surface area (Å²) in [5, 5.41) is 22.3. The first-order valence-electron chi connectivity index (χ1n) is 13.1. The smallest absolute Gasteiger partial charge is 0.354 e. The Balaban J connectivity index is 1.44. The maximum Gasteiger partial charge on any atom is 0.354 e. The van der Waals surface area contributed by atoms with Crippen molar-refractivity contribution in [2.75, 3.05) is 5.32 Å². The zero-order valence-corrected chi connectivity index (χ0v) is 21.9. The number of benzene rings is 5. The number of carbonyl (C=O) groups excluding carboxylic acids is 1. The van der Waals surface area contributed by atoms with E-state index in [0.29, 0.717) is 11.3 Å². The number of rotatable bonds is 7. The highest BCUT2D eigenvalue weighted by Gasteiger charge is 2.21. The van der Waals surface area contributed by atoms with Gasteiger partial charge in [0.2, 0.25) is 0 Å². The first kappa shape index (κ1) is 25.5. The molecule has 6 heteroatoms. The number of hydrogen-bond donors (Lipinski definition) is 3. The van der Waals surface area contributed by atoms with Gasteiger partial charge in [0.05, 0.1) is 16.6 Å². The normalized spacial score (nSPS) is 11.5. The van der Waals surface area contributed by atoms with Gasteiger partial charge in [-0.05, 0) is 65.2 Å². The maximum atomic E-state index is 13.1. The summed E-state index contributed by atoms with van der Waals surface area (Å²) in [6.45, 7) is 0. The third kappa shape index (κ3) is 5.02. The topological polar surface area (TPSA) is 95.2 Å². The predicted molar refractivity (Wildman–Crippen MR) is 165 cm³/mol. The Labute approximate surface area is 236 Å². The second-order valence-corrected chi connectivity index (χ2v) is 9.60. The van der Waals surface area contributed by atoms with Gasteiger partial charge in [0.25, 0.3) is 5.91 Å². The molecule has 0 bridgehead atoms. The van der Waals surface area contributed by atoms with Gasteiger partial charge in [0.15, 0.2) is 5.71 Å². The van der Waals surface area contributed by atoms with E-state index in [1.54, 1.807) is 24.3 Å². The summed E-state index contributed by atoms with van der Waals surface area (Å²) in [6, 6.07) is 41.2. The van der Waals surface area contributed by atoms with E-state index in [0.717, 1.165) is 38.6 Å². The van der Waals surface area contributed by atoms with Gasteiger partial charge >= 0.3 is 5.97 Å². The number of anilines is 1. The molecule has 0 unspecified atom stereocenters. The summed E-state index contributed by atoms with van der Waals surface area (Å²) in [5.41, 5.74) is 5.40. The molecule has 6 aromatic rings. The van der Waals surface area contributed by atoms with Gasteiger partial charge in [0, 0.05) is 22.1 Å². The number of nitrogens with one attached hydrogen (secondary N) is 2. The molecule has 1 heterocycles. The van der Waals surface area contributed by atoms with Crippen LogP contribution in [-0.2, 0) is 9.59 Å². The van der Waals surface area contributed by atoms with Crippen LogP contribution in [0.15, 0.2) is 133 Å². The van der Waals surface area contributed by atoms with Crippen molar-refractivity contribution in [1.29, 1.82) is 5.41 Å². The van der Waals surface area contributed by atoms with Crippen LogP contribution in [0, 0.1) is 5.41 Å². The van der Waals surface area contributed by atoms with Gasteiger partial charge in [0.1, 0.15) is 0 Å². The lowest BCUT2D eigenvalue weighted by atomic mass is 10.0. The van der Waals surface area contributed by atoms with E-state index < -0.39 is 17.6 Å². The Hall–Kier alpha value is -5.75. The molecule has 0 saturated carbocycles. The fourth-order valence-electron chi connectivity index (χ4n) is 5.05. The van der Waals surface area contributed by atoms with Crippen LogP contribution in [0.25, 0.3) is 44.7 Å². The summed E-state index contributed by atoms with van der Waals surface area (Å²) < 4.78 is 2.19. The minimum Gasteiger partial charge on any atom is -0.477 e. The highest BCUT2D eigenvalue weighted by Crippen LogP contribution is 2.34. The average Bonchev–Trinajstić information content (AvgIpc) is 3.34. The van der Waals surface area contributed by atoms with E-state index in [2.05, 4.69) is 52.3 Å². The average molecular weight is 536 g/mol. The van der Waals surface area contributed by atoms with E-state index in [1.807, 2.05) is 60.7 Å². The lowest BCUT2D eigenvalue weighted by Gasteiger charge is -2.10. The number of aliphatic carboxylic acids is 1. The number of carbonyl (C=O) groups is 2. The van der Waals surface area contributed by atoms with Gasteiger partial charge in [-0.15, -0.1) is 0 Å². The Kier molecular flexibility index (Phi) is 6.71. The molecule has 0 fully saturated rings. The largest absolute Gasteiger partial charge is 0.477 e. The standard InChI is InChI=1S/C35H25N3O3/c36-33(35(40)41)30(34(39)37-26-11-5-2-6-12-26)22-23-15-20-32-29(21-23)28-13-7-8-14-31(28)38(32)27-18-16-25(17-19-27)24-9-3-1-4-10-24/h1-22,36H,(H,37,39)(H,40,41)/b30-22-,36-33?. The molecule has 0 aliphatic carbocycles. The number of para-hydroxylation sites is 2. The monoisotopic (exact) mass is 535 g/mol. The molecule has 1 amide bonds. The fourth-order valence-corrected chi connectivity index (χ4v) is 5.05. The molecule has 0 saturated heterocycles. The van der Waals surface area contributed by atoms with Crippen LogP contribution in [-0.4, -0.2) is 27.3 Å². The minimum atomic E-state index is -1.48. The van der Waals surface area contributed by atoms with Gasteiger partial charge in [-0.3, -0.25) is 10.2 Å². The summed E-state index contributed by atoms with van der Waals surface area (Å²) in [6.07, 6.45) is 1.45. The number of carboxylic acids is 1. The molecular formula is C35H25N3O3. The molecule has 3 N–H and O–H groups in total. The van der Waals surface area contributed by atoms with Crippen molar-refractivity contribution in [3.05, 3.63) is 139 Å². The Morgan fingerprint density at radius 1 is 0.683 bits per heavy atom. The fraction of sp³-hybridized carbons (Fsp3) is 0. The molecule has 0 spiro atoms. The van der Waals surface area contributed by atoms with Crippen LogP contribution in [0.4, 0.5) is 5.69 Å². The molecule has 6 nitrogen and oxygen atoms in total. The summed E-state index contributed by atoms with van der Waals surface area (Å²) in [7, 11) is 0. The van der Waals surface area contributed by atoms with Gasteiger partial charge in [-0.1, -0.05) is 84.9 Å². The summed E-state index contributed by atoms with van der Waals surface area (Å²) in [4.78, 5) is 24.8. The van der Waals surface area contributed by atoms with E-state index in [9.17, 15) is 14.7 Å². The second-order valence-electron chi connectivity index (χ2n) is 9.60. The van der Waals surface area contributed by atoms with Crippen molar-refractivity contribution in [2.24, 2.45) is 0 Å². The maximum absolute atomic E-state index is 13.1. The third-order valence-electron chi connectivity index (χ3n) is 7.00. The summed E-state index contributed by atoms with van der Waals surface area (Å²) in [5.74, 6) is -2.14. The predicted octanol–water partition coefficient (Wildman–Crippen LogP) is 7.58. The Morgan fingerprint density at radius 3 is 2.00 bits per heavy atom. The molecule has 6 rings (SSSR count). The zero-order valence-electron chi connectivity index (χ0n) is 21.9. The first-order valence-corrected chi connectivity index (χ1v) is 13.1. The van der Waals surface area contributed by atoms with Crippen molar-refractivity contribution >= 4 is 51.2 Å². The van der Waals surface area contributed by atoms with Crippen molar-refractivity contribution in [1.82, 2.24) is 4.57 Å². The van der Waals surface area contributed by atoms with Gasteiger partial charge in [-0.25, -0.2) is 4.79 Å². The molecule has 0 atom stereocenters. The molecule has 0 radical (unpaired) electrons. The number of amides is 1. The molecule has 1 aromatic heterocycles. The van der Waals surface area contributed by atoms with Crippen LogP contribution in [0.3, 0.4) is 0 Å². The van der Waals surface area contributed by atoms with E-state index in [-0.39, 0.29) is 5.57 Å². The van der Waals surface area contributed by atoms with Crippen molar-refractivity contribution < 1.29 is 14.7 Å². The molecule has 0 aliphatic heterocycles. The lowest BCUT2D eigenvalue weighted by Crippen LogP contribution is -2.25. The molecule has 198 valence electrons. The van der Waals surface area contributed by atoms with E-state index in [4.69, 9.17) is 5.41 Å². The Morgan fingerprint density at radius 2 is 1.29 bits per heavy atom. The van der Waals surface area contributed by atoms with Gasteiger partial charge < -0.3 is 15.0 Å². The van der Waals surface area contributed by atoms with Crippen molar-refractivity contribution in [3.8, 4) is 16.8 Å². The first-order chi connectivity index (χ1) is 20.0. The number of nitrogens with zero attached hydrogens (tertiary/aromatic N) is 1. The quantitative estimate of drug-likeness (QED) is 0.145. The van der Waals surface area contributed by atoms with Crippen LogP contribution in [0.1, 0.15) is 5.56 Å². The number of aromatic nitrogens is 1. The lowest BCUT2D eigenvalue weighted by molar-refractivity contribution is -0.129. The second kappa shape index (κ2) is 10.8. The number of carboxylic acid groups (broad SMARTS) is 1. The van der Waals surface area contributed by atoms with Crippen LogP contribution < -0.4 is 5.32 Å². The van der Waals surface area contributed by atoms with Crippen LogP contribution in [0.5, 0.6) is 0 Å². The SMILES string of the molecule is N=C(C(=O)O)/C(=C/c1ccc2c(c1)c1ccccc1n2-c1ccc(-c2ccccc2)cc1)C(=O)Nc1ccccc1. The molecule has 0 aliphatic rings. The van der Waals surface area contributed by atoms with E-state index in [1.165, 1.54) is 6.08 Å². The highest BCUT2D eigenvalue weighted by molar-refractivity contribution is 6.50. The van der Waals surface area contributed by atoms with E-state index >= 15 is 0 Å². The third-order valence-corrected chi connectivity index (χ3v) is 7.00. The van der Waals surface area contributed by atoms with Crippen LogP contribution >= 0.6 is 0 Å². The molecule has 5 aromatic carbocycles. The highest BCUT2D eigenvalue weighted by atomic mass is 16.4. The molecule has 41 heavy (non-hydrogen) atoms. The number of fused-ring (bicyclic) bond motifs is 3. The summed E-state index contributed by atoms with van der Waals surface area (Å²) >= 11 is 0. The minimum absolute atomic E-state index is 0.235. The zero-order chi connectivity index (χ0) is 28.3. The van der Waals surface area contributed by atoms with Crippen molar-refractivity contribution in [2.45, 2.75) is 0 Å². The van der Waals surface area contributed by atoms with Crippen molar-refractivity contribution in [3.63, 3.8) is 0 Å².